The van der Waals surface area contributed by atoms with Gasteiger partial charge in [0.15, 0.2) is 11.5 Å². The van der Waals surface area contributed by atoms with Gasteiger partial charge in [0.25, 0.3) is 0 Å². The van der Waals surface area contributed by atoms with Crippen LogP contribution in [0.15, 0.2) is 48.6 Å². The smallest absolute Gasteiger partial charge is 0.182 e. The van der Waals surface area contributed by atoms with Crippen LogP contribution in [0.3, 0.4) is 0 Å². The van der Waals surface area contributed by atoms with Crippen LogP contribution in [0.4, 0.5) is 0 Å². The van der Waals surface area contributed by atoms with Gasteiger partial charge in [0.05, 0.1) is 13.2 Å². The molecule has 61 heavy (non-hydrogen) atoms. The number of ether oxygens (including phenoxy) is 4. The van der Waals surface area contributed by atoms with Gasteiger partial charge in [0.2, 0.25) is 0 Å². The molecule has 3 aromatic rings. The molecule has 0 bridgehead atoms. The van der Waals surface area contributed by atoms with Crippen LogP contribution in [0.1, 0.15) is 132 Å². The first-order valence-corrected chi connectivity index (χ1v) is 23.4. The predicted molar refractivity (Wildman–Crippen MR) is 239 cm³/mol. The van der Waals surface area contributed by atoms with E-state index in [4.69, 9.17) is 18.9 Å². The van der Waals surface area contributed by atoms with Crippen LogP contribution in [-0.2, 0) is 19.3 Å². The fourth-order valence-electron chi connectivity index (χ4n) is 11.5. The van der Waals surface area contributed by atoms with Crippen molar-refractivity contribution in [2.75, 3.05) is 20.3 Å². The predicted octanol–water partition coefficient (Wildman–Crippen LogP) is 10.2. The largest absolute Gasteiger partial charge is 0.508 e. The van der Waals surface area contributed by atoms with E-state index < -0.39 is 12.2 Å². The molecule has 0 saturated heterocycles. The number of fused-ring (bicyclic) bond motifs is 7. The van der Waals surface area contributed by atoms with Gasteiger partial charge < -0.3 is 39.4 Å². The fraction of sp³-hybridized carbons (Fsp3) is 0.585. The van der Waals surface area contributed by atoms with Crippen molar-refractivity contribution in [3.63, 3.8) is 0 Å². The summed E-state index contributed by atoms with van der Waals surface area (Å²) in [6, 6.07) is 11.9. The monoisotopic (exact) mass is 832 g/mol. The van der Waals surface area contributed by atoms with E-state index in [1.54, 1.807) is 7.11 Å². The molecule has 328 valence electrons. The number of unbranched alkanes of at least 4 members (excludes halogenated alkanes) is 2. The zero-order chi connectivity index (χ0) is 42.8. The summed E-state index contributed by atoms with van der Waals surface area (Å²) in [5.74, 6) is 8.45. The topological polar surface area (TPSA) is 118 Å². The Morgan fingerprint density at radius 3 is 2.56 bits per heavy atom. The number of hydrogen-bond acceptors (Lipinski definition) is 8. The average Bonchev–Trinajstić information content (AvgIpc) is 3.34. The lowest BCUT2D eigenvalue weighted by atomic mass is 9.63. The van der Waals surface area contributed by atoms with Crippen molar-refractivity contribution >= 4 is 0 Å². The van der Waals surface area contributed by atoms with Crippen LogP contribution in [0.25, 0.3) is 11.1 Å². The maximum absolute atomic E-state index is 12.2. The highest BCUT2D eigenvalue weighted by Crippen LogP contribution is 2.56. The minimum absolute atomic E-state index is 0.0592. The second-order valence-electron chi connectivity index (χ2n) is 19.4. The van der Waals surface area contributed by atoms with Gasteiger partial charge in [-0.3, -0.25) is 0 Å². The first-order chi connectivity index (χ1) is 29.6. The Kier molecular flexibility index (Phi) is 13.6. The number of benzene rings is 3. The maximum atomic E-state index is 12.2. The summed E-state index contributed by atoms with van der Waals surface area (Å²) < 4.78 is 25.9. The normalized spacial score (nSPS) is 28.0. The third kappa shape index (κ3) is 9.04. The van der Waals surface area contributed by atoms with Crippen molar-refractivity contribution in [1.82, 2.24) is 0 Å². The summed E-state index contributed by atoms with van der Waals surface area (Å²) in [5, 5.41) is 43.8. The van der Waals surface area contributed by atoms with Crippen LogP contribution < -0.4 is 18.9 Å². The van der Waals surface area contributed by atoms with E-state index in [0.29, 0.717) is 59.5 Å². The fourth-order valence-corrected chi connectivity index (χ4v) is 11.5. The van der Waals surface area contributed by atoms with Crippen LogP contribution in [0, 0.1) is 53.5 Å². The number of aliphatic hydroxyl groups excluding tert-OH is 3. The zero-order valence-corrected chi connectivity index (χ0v) is 37.0. The van der Waals surface area contributed by atoms with Gasteiger partial charge in [0.1, 0.15) is 35.6 Å². The van der Waals surface area contributed by atoms with Gasteiger partial charge >= 0.3 is 0 Å². The molecule has 1 fully saturated rings. The standard InChI is InChI=1S/C53H68O8/c1-6-7-8-10-32(4)40-23-36(15-14-34(40)18-19-54)41-24-38-26-44(56)39(21-31(2)3)25-42(38)52-50(58-5)29-48-43(51(41)52)28-45(57)53(61-48)37-16-17-46-49(27-37)60-47-22-33(30-55)12-13-35(47)11-9-20-59-46/h14-17,25-27,29,31-36,40-41,45,47,53-57H,6-8,10-13,18-19,21-24,28,30H2,1-5H3. The van der Waals surface area contributed by atoms with E-state index in [9.17, 15) is 20.4 Å². The minimum Gasteiger partial charge on any atom is -0.508 e. The Labute approximate surface area is 363 Å². The lowest BCUT2D eigenvalue weighted by Gasteiger charge is -2.43. The third-order valence-corrected chi connectivity index (χ3v) is 14.8. The Bertz CT molecular complexity index is 2110. The number of phenolic OH excluding ortho intramolecular Hbond substituents is 1. The average molecular weight is 833 g/mol. The molecule has 10 atom stereocenters. The molecule has 1 saturated carbocycles. The molecule has 0 amide bonds. The van der Waals surface area contributed by atoms with E-state index in [1.165, 1.54) is 31.2 Å². The molecule has 8 rings (SSSR count). The molecule has 3 aliphatic carbocycles. The summed E-state index contributed by atoms with van der Waals surface area (Å²) in [5.41, 5.74) is 7.15. The molecule has 2 aliphatic heterocycles. The van der Waals surface area contributed by atoms with Gasteiger partial charge in [0, 0.05) is 49.2 Å². The molecule has 0 aromatic heterocycles. The Hall–Kier alpha value is -4.16. The first kappa shape index (κ1) is 43.5. The summed E-state index contributed by atoms with van der Waals surface area (Å²) in [7, 11) is 1.72. The number of aliphatic hydroxyl groups is 3. The number of methoxy groups -OCH3 is 1. The molecule has 3 aromatic carbocycles. The third-order valence-electron chi connectivity index (χ3n) is 14.8. The quantitative estimate of drug-likeness (QED) is 0.0764. The number of aromatic hydroxyl groups is 1. The summed E-state index contributed by atoms with van der Waals surface area (Å²) in [6.07, 6.45) is 17.9. The van der Waals surface area contributed by atoms with Gasteiger partial charge in [-0.2, -0.15) is 0 Å². The minimum atomic E-state index is -0.846. The Morgan fingerprint density at radius 2 is 1.79 bits per heavy atom. The highest BCUT2D eigenvalue weighted by Gasteiger charge is 2.43. The van der Waals surface area contributed by atoms with E-state index in [1.807, 2.05) is 30.3 Å². The molecule has 8 nitrogen and oxygen atoms in total. The SMILES string of the molecule is CCCCCC(C)C1CC(C2Cc3cc(O)c(CC(C)C)cc3-c3c(OC)cc4c(c32)CC(O)C(c2ccc3c(c2)OC2CC(CO)CCC2CC#CO3)O4)C=CC1CCO. The molecule has 8 heteroatoms. The van der Waals surface area contributed by atoms with Crippen molar-refractivity contribution in [3.8, 4) is 51.9 Å². The number of phenols is 1. The van der Waals surface area contributed by atoms with Crippen molar-refractivity contribution in [2.45, 2.75) is 135 Å². The maximum Gasteiger partial charge on any atom is 0.182 e. The highest BCUT2D eigenvalue weighted by atomic mass is 16.5. The van der Waals surface area contributed by atoms with Crippen LogP contribution in [0.2, 0.25) is 0 Å². The molecule has 0 radical (unpaired) electrons. The highest BCUT2D eigenvalue weighted by molar-refractivity contribution is 5.83. The van der Waals surface area contributed by atoms with Gasteiger partial charge in [-0.15, -0.1) is 0 Å². The second-order valence-corrected chi connectivity index (χ2v) is 19.4. The van der Waals surface area contributed by atoms with Crippen molar-refractivity contribution in [1.29, 1.82) is 0 Å². The van der Waals surface area contributed by atoms with E-state index in [2.05, 4.69) is 57.9 Å². The molecular weight excluding hydrogens is 765 g/mol. The lowest BCUT2D eigenvalue weighted by Crippen LogP contribution is -2.35. The van der Waals surface area contributed by atoms with E-state index in [0.717, 1.165) is 84.1 Å². The van der Waals surface area contributed by atoms with Gasteiger partial charge in [-0.25, -0.2) is 0 Å². The zero-order valence-electron chi connectivity index (χ0n) is 37.0. The number of allylic oxidation sites excluding steroid dienone is 2. The second kappa shape index (κ2) is 19.1. The number of rotatable bonds is 13. The van der Waals surface area contributed by atoms with Crippen molar-refractivity contribution in [2.24, 2.45) is 41.4 Å². The lowest BCUT2D eigenvalue weighted by molar-refractivity contribution is 0.0194. The van der Waals surface area contributed by atoms with Gasteiger partial charge in [-0.05, 0) is 138 Å². The molecule has 10 unspecified atom stereocenters. The number of hydrogen-bond donors (Lipinski definition) is 4. The first-order valence-electron chi connectivity index (χ1n) is 23.4. The van der Waals surface area contributed by atoms with E-state index in [-0.39, 0.29) is 43.0 Å². The Morgan fingerprint density at radius 1 is 0.934 bits per heavy atom. The Balaban J connectivity index is 1.19. The van der Waals surface area contributed by atoms with E-state index >= 15 is 0 Å². The molecule has 5 aliphatic rings. The molecule has 2 heterocycles. The van der Waals surface area contributed by atoms with Crippen LogP contribution in [0.5, 0.6) is 28.7 Å². The van der Waals surface area contributed by atoms with Crippen LogP contribution in [-0.4, -0.2) is 53.0 Å². The summed E-state index contributed by atoms with van der Waals surface area (Å²) in [6.45, 7) is 9.33. The summed E-state index contributed by atoms with van der Waals surface area (Å²) in [4.78, 5) is 0. The van der Waals surface area contributed by atoms with Crippen molar-refractivity contribution < 1.29 is 39.4 Å². The van der Waals surface area contributed by atoms with Gasteiger partial charge in [-0.1, -0.05) is 77.5 Å². The molecular formula is C53H68O8. The van der Waals surface area contributed by atoms with Crippen molar-refractivity contribution in [3.05, 3.63) is 76.4 Å². The van der Waals surface area contributed by atoms with Crippen LogP contribution >= 0.6 is 0 Å². The summed E-state index contributed by atoms with van der Waals surface area (Å²) >= 11 is 0. The molecule has 4 N–H and O–H groups in total. The molecule has 0 spiro atoms.